The van der Waals surface area contributed by atoms with Crippen LogP contribution in [0.2, 0.25) is 0 Å². The van der Waals surface area contributed by atoms with Gasteiger partial charge in [-0.3, -0.25) is 0 Å². The van der Waals surface area contributed by atoms with Gasteiger partial charge in [0, 0.05) is 0 Å². The predicted molar refractivity (Wildman–Crippen MR) is 99.1 cm³/mol. The molecule has 2 nitrogen and oxygen atoms in total. The van der Waals surface area contributed by atoms with Gasteiger partial charge in [0.05, 0.1) is 23.3 Å². The highest BCUT2D eigenvalue weighted by Crippen LogP contribution is 2.06. The van der Waals surface area contributed by atoms with E-state index in [4.69, 9.17) is 10.5 Å². The zero-order chi connectivity index (χ0) is 18.1. The molecule has 0 atom stereocenters. The molecule has 0 aliphatic heterocycles. The Balaban J connectivity index is 0. The van der Waals surface area contributed by atoms with Crippen LogP contribution in [0.3, 0.4) is 0 Å². The largest absolute Gasteiger partial charge is 0.192 e. The molecule has 0 bridgehead atoms. The molecule has 0 amide bonds. The number of nitriles is 2. The molecule has 2 aromatic rings. The van der Waals surface area contributed by atoms with Gasteiger partial charge in [0.25, 0.3) is 0 Å². The van der Waals surface area contributed by atoms with Gasteiger partial charge in [0.15, 0.2) is 0 Å². The van der Waals surface area contributed by atoms with Gasteiger partial charge in [-0.05, 0) is 36.6 Å². The monoisotopic (exact) mass is 308 g/mol. The van der Waals surface area contributed by atoms with Crippen LogP contribution in [0.15, 0.2) is 48.5 Å². The Morgan fingerprint density at radius 3 is 1.52 bits per heavy atom. The molecular weight excluding hydrogens is 280 g/mol. The third-order valence-electron chi connectivity index (χ3n) is 2.78. The highest BCUT2D eigenvalue weighted by Gasteiger charge is 1.94. The molecule has 23 heavy (non-hydrogen) atoms. The lowest BCUT2D eigenvalue weighted by atomic mass is 10.1. The highest BCUT2D eigenvalue weighted by atomic mass is 14.2. The summed E-state index contributed by atoms with van der Waals surface area (Å²) in [6.07, 6.45) is 0.934. The molecule has 0 saturated carbocycles. The van der Waals surface area contributed by atoms with Crippen LogP contribution in [-0.2, 0) is 6.42 Å². The van der Waals surface area contributed by atoms with Crippen molar-refractivity contribution in [2.75, 3.05) is 0 Å². The highest BCUT2D eigenvalue weighted by molar-refractivity contribution is 5.37. The molecule has 0 aromatic heterocycles. The number of nitrogens with zero attached hydrogens (tertiary/aromatic N) is 2. The van der Waals surface area contributed by atoms with Crippen molar-refractivity contribution in [2.24, 2.45) is 0 Å². The maximum Gasteiger partial charge on any atom is 0.0994 e. The molecule has 0 unspecified atom stereocenters. The molecule has 0 heterocycles. The minimum absolute atomic E-state index is 0.762. The lowest BCUT2D eigenvalue weighted by Crippen LogP contribution is -1.84. The van der Waals surface area contributed by atoms with E-state index in [2.05, 4.69) is 19.1 Å². The number of rotatable bonds is 1. The van der Waals surface area contributed by atoms with Crippen LogP contribution in [0.25, 0.3) is 0 Å². The molecule has 2 heteroatoms. The lowest BCUT2D eigenvalue weighted by Gasteiger charge is -1.96. The average Bonchev–Trinajstić information content (AvgIpc) is 2.66. The zero-order valence-electron chi connectivity index (χ0n) is 15.2. The number of hydrogen-bond donors (Lipinski definition) is 0. The SMILES string of the molecule is CC.CC.CCc1ccccc1C#N.Cc1ccccc1C#N. The molecule has 0 aliphatic rings. The van der Waals surface area contributed by atoms with E-state index in [1.54, 1.807) is 0 Å². The van der Waals surface area contributed by atoms with E-state index in [9.17, 15) is 0 Å². The number of hydrogen-bond acceptors (Lipinski definition) is 2. The smallest absolute Gasteiger partial charge is 0.0994 e. The van der Waals surface area contributed by atoms with Crippen molar-refractivity contribution in [3.8, 4) is 12.1 Å². The van der Waals surface area contributed by atoms with E-state index < -0.39 is 0 Å². The predicted octanol–water partition coefficient (Wildman–Crippen LogP) is 6.04. The first-order valence-electron chi connectivity index (χ1n) is 8.16. The maximum absolute atomic E-state index is 8.60. The fourth-order valence-electron chi connectivity index (χ4n) is 1.64. The summed E-state index contributed by atoms with van der Waals surface area (Å²) in [5.74, 6) is 0. The Morgan fingerprint density at radius 1 is 0.739 bits per heavy atom. The molecule has 0 fully saturated rings. The van der Waals surface area contributed by atoms with E-state index in [-0.39, 0.29) is 0 Å². The van der Waals surface area contributed by atoms with Crippen LogP contribution in [0.1, 0.15) is 56.9 Å². The maximum atomic E-state index is 8.60. The molecule has 0 spiro atoms. The van der Waals surface area contributed by atoms with Crippen LogP contribution in [0.4, 0.5) is 0 Å². The average molecular weight is 308 g/mol. The summed E-state index contributed by atoms with van der Waals surface area (Å²) < 4.78 is 0. The first-order chi connectivity index (χ1) is 11.2. The summed E-state index contributed by atoms with van der Waals surface area (Å²) in [5, 5.41) is 17.1. The molecule has 2 rings (SSSR count). The first-order valence-corrected chi connectivity index (χ1v) is 8.16. The lowest BCUT2D eigenvalue weighted by molar-refractivity contribution is 1.13. The summed E-state index contributed by atoms with van der Waals surface area (Å²) in [7, 11) is 0. The molecule has 0 aliphatic carbocycles. The van der Waals surface area contributed by atoms with Crippen molar-refractivity contribution in [2.45, 2.75) is 48.0 Å². The van der Waals surface area contributed by atoms with Crippen LogP contribution in [-0.4, -0.2) is 0 Å². The third-order valence-corrected chi connectivity index (χ3v) is 2.78. The summed E-state index contributed by atoms with van der Waals surface area (Å²) in [4.78, 5) is 0. The van der Waals surface area contributed by atoms with Gasteiger partial charge in [-0.1, -0.05) is 71.0 Å². The van der Waals surface area contributed by atoms with Gasteiger partial charge in [-0.2, -0.15) is 10.5 Å². The van der Waals surface area contributed by atoms with Crippen molar-refractivity contribution in [3.63, 3.8) is 0 Å². The van der Waals surface area contributed by atoms with Gasteiger partial charge in [0.1, 0.15) is 0 Å². The van der Waals surface area contributed by atoms with E-state index in [1.807, 2.05) is 83.1 Å². The molecule has 122 valence electrons. The van der Waals surface area contributed by atoms with Gasteiger partial charge in [-0.15, -0.1) is 0 Å². The molecular formula is C21H28N2. The van der Waals surface area contributed by atoms with E-state index in [0.29, 0.717) is 0 Å². The molecule has 0 saturated heterocycles. The topological polar surface area (TPSA) is 47.6 Å². The number of aryl methyl sites for hydroxylation is 2. The third kappa shape index (κ3) is 9.12. The standard InChI is InChI=1S/C9H9N.C8H7N.2C2H6/c1-2-8-5-3-4-6-9(8)7-10;1-7-4-2-3-5-8(7)6-9;2*1-2/h3-6H,2H2,1H3;2-5H,1H3;2*1-2H3. The summed E-state index contributed by atoms with van der Waals surface area (Å²) in [5.41, 5.74) is 3.73. The van der Waals surface area contributed by atoms with Crippen LogP contribution < -0.4 is 0 Å². The van der Waals surface area contributed by atoms with Crippen molar-refractivity contribution in [1.29, 1.82) is 10.5 Å². The fourth-order valence-corrected chi connectivity index (χ4v) is 1.64. The van der Waals surface area contributed by atoms with Crippen molar-refractivity contribution < 1.29 is 0 Å². The summed E-state index contributed by atoms with van der Waals surface area (Å²) in [6, 6.07) is 19.5. The Labute approximate surface area is 142 Å². The van der Waals surface area contributed by atoms with Crippen LogP contribution >= 0.6 is 0 Å². The van der Waals surface area contributed by atoms with Gasteiger partial charge >= 0.3 is 0 Å². The van der Waals surface area contributed by atoms with Crippen molar-refractivity contribution in [3.05, 3.63) is 70.8 Å². The van der Waals surface area contributed by atoms with Gasteiger partial charge < -0.3 is 0 Å². The zero-order valence-corrected chi connectivity index (χ0v) is 15.2. The van der Waals surface area contributed by atoms with Crippen LogP contribution in [0.5, 0.6) is 0 Å². The van der Waals surface area contributed by atoms with Gasteiger partial charge in [0.2, 0.25) is 0 Å². The second-order valence-electron chi connectivity index (χ2n) is 4.05. The first kappa shape index (κ1) is 22.7. The Hall–Kier alpha value is -2.58. The quantitative estimate of drug-likeness (QED) is 0.644. The van der Waals surface area contributed by atoms with Gasteiger partial charge in [-0.25, -0.2) is 0 Å². The number of benzene rings is 2. The normalized spacial score (nSPS) is 7.65. The van der Waals surface area contributed by atoms with E-state index in [0.717, 1.165) is 28.7 Å². The van der Waals surface area contributed by atoms with Crippen molar-refractivity contribution >= 4 is 0 Å². The van der Waals surface area contributed by atoms with Crippen molar-refractivity contribution in [1.82, 2.24) is 0 Å². The fraction of sp³-hybridized carbons (Fsp3) is 0.333. The van der Waals surface area contributed by atoms with Crippen LogP contribution in [0, 0.1) is 29.6 Å². The molecule has 0 radical (unpaired) electrons. The Kier molecular flexibility index (Phi) is 15.6. The minimum Gasteiger partial charge on any atom is -0.192 e. The molecule has 2 aromatic carbocycles. The second-order valence-corrected chi connectivity index (χ2v) is 4.05. The second kappa shape index (κ2) is 15.8. The van der Waals surface area contributed by atoms with E-state index >= 15 is 0 Å². The minimum atomic E-state index is 0.762. The summed E-state index contributed by atoms with van der Waals surface area (Å²) in [6.45, 7) is 12.0. The molecule has 0 N–H and O–H groups in total. The Bertz CT molecular complexity index is 616. The summed E-state index contributed by atoms with van der Waals surface area (Å²) >= 11 is 0. The van der Waals surface area contributed by atoms with E-state index in [1.165, 1.54) is 0 Å². The Morgan fingerprint density at radius 2 is 1.17 bits per heavy atom.